The number of nitrogens with zero attached hydrogens (tertiary/aromatic N) is 3. The van der Waals surface area contributed by atoms with Gasteiger partial charge in [0, 0.05) is 23.0 Å². The summed E-state index contributed by atoms with van der Waals surface area (Å²) in [4.78, 5) is 15.9. The molecular formula is C17H14F3N5O2. The largest absolute Gasteiger partial charge is 0.411 e. The number of rotatable bonds is 4. The quantitative estimate of drug-likeness (QED) is 0.369. The van der Waals surface area contributed by atoms with Crippen molar-refractivity contribution in [3.63, 3.8) is 0 Å². The van der Waals surface area contributed by atoms with E-state index in [1.54, 1.807) is 58.5 Å². The van der Waals surface area contributed by atoms with Crippen LogP contribution in [0.3, 0.4) is 0 Å². The van der Waals surface area contributed by atoms with Crippen LogP contribution in [-0.2, 0) is 0 Å². The number of urea groups is 1. The second-order valence-electron chi connectivity index (χ2n) is 5.58. The Bertz CT molecular complexity index is 998. The molecule has 0 aliphatic heterocycles. The first-order valence-electron chi connectivity index (χ1n) is 7.72. The minimum atomic E-state index is -4.48. The van der Waals surface area contributed by atoms with Gasteiger partial charge in [0.2, 0.25) is 0 Å². The number of halogens is 3. The molecule has 0 spiro atoms. The van der Waals surface area contributed by atoms with Crippen LogP contribution < -0.4 is 10.6 Å². The topological polar surface area (TPSA) is 91.0 Å². The zero-order valence-electron chi connectivity index (χ0n) is 13.7. The van der Waals surface area contributed by atoms with Crippen molar-refractivity contribution in [2.75, 3.05) is 11.9 Å². The van der Waals surface area contributed by atoms with Gasteiger partial charge in [-0.1, -0.05) is 17.3 Å². The highest BCUT2D eigenvalue weighted by atomic mass is 19.4. The van der Waals surface area contributed by atoms with Crippen LogP contribution in [0.1, 0.15) is 5.56 Å². The highest BCUT2D eigenvalue weighted by molar-refractivity contribution is 5.90. The lowest BCUT2D eigenvalue weighted by atomic mass is 10.1. The summed E-state index contributed by atoms with van der Waals surface area (Å²) < 4.78 is 38.3. The van der Waals surface area contributed by atoms with Gasteiger partial charge >= 0.3 is 12.2 Å². The fraction of sp³-hybridized carbons (Fsp3) is 0.118. The molecule has 27 heavy (non-hydrogen) atoms. The Morgan fingerprint density at radius 1 is 1.30 bits per heavy atom. The number of hydrogen-bond donors (Lipinski definition) is 3. The molecule has 0 saturated carbocycles. The zero-order chi connectivity index (χ0) is 19.4. The van der Waals surface area contributed by atoms with Crippen molar-refractivity contribution < 1.29 is 23.2 Å². The molecule has 1 aromatic carbocycles. The molecule has 140 valence electrons. The number of amides is 2. The third-order valence-electron chi connectivity index (χ3n) is 3.61. The maximum absolute atomic E-state index is 12.2. The van der Waals surface area contributed by atoms with E-state index in [0.29, 0.717) is 22.5 Å². The second-order valence-corrected chi connectivity index (χ2v) is 5.58. The monoisotopic (exact) mass is 377 g/mol. The highest BCUT2D eigenvalue weighted by Gasteiger charge is 2.27. The summed E-state index contributed by atoms with van der Waals surface area (Å²) in [6, 6.07) is 9.14. The van der Waals surface area contributed by atoms with E-state index in [1.807, 2.05) is 0 Å². The SMILES string of the molecule is O=C(NCC(F)(F)F)Nc1cccc(-c2cnc3cc(C=NO)ccn23)c1. The number of anilines is 1. The minimum absolute atomic E-state index is 0.339. The highest BCUT2D eigenvalue weighted by Crippen LogP contribution is 2.24. The number of pyridine rings is 1. The van der Waals surface area contributed by atoms with Gasteiger partial charge in [-0.15, -0.1) is 0 Å². The number of carbonyl (C=O) groups excluding carboxylic acids is 1. The molecule has 3 aromatic rings. The summed E-state index contributed by atoms with van der Waals surface area (Å²) in [5.41, 5.74) is 3.05. The maximum Gasteiger partial charge on any atom is 0.405 e. The molecule has 0 radical (unpaired) electrons. The normalized spacial score (nSPS) is 11.8. The summed E-state index contributed by atoms with van der Waals surface area (Å²) >= 11 is 0. The van der Waals surface area contributed by atoms with Crippen LogP contribution in [0.4, 0.5) is 23.7 Å². The van der Waals surface area contributed by atoms with Crippen molar-refractivity contribution in [1.29, 1.82) is 0 Å². The van der Waals surface area contributed by atoms with E-state index >= 15 is 0 Å². The van der Waals surface area contributed by atoms with Gasteiger partial charge in [-0.05, 0) is 24.3 Å². The van der Waals surface area contributed by atoms with E-state index in [1.165, 1.54) is 6.21 Å². The maximum atomic E-state index is 12.2. The predicted octanol–water partition coefficient (Wildman–Crippen LogP) is 3.49. The molecule has 2 amide bonds. The van der Waals surface area contributed by atoms with Crippen LogP contribution in [0.5, 0.6) is 0 Å². The first-order valence-corrected chi connectivity index (χ1v) is 7.72. The average molecular weight is 377 g/mol. The van der Waals surface area contributed by atoms with Gasteiger partial charge in [-0.25, -0.2) is 9.78 Å². The van der Waals surface area contributed by atoms with Gasteiger partial charge in [0.05, 0.1) is 18.1 Å². The summed E-state index contributed by atoms with van der Waals surface area (Å²) in [5, 5.41) is 15.7. The number of benzene rings is 1. The third kappa shape index (κ3) is 4.54. The zero-order valence-corrected chi connectivity index (χ0v) is 13.7. The van der Waals surface area contributed by atoms with Gasteiger partial charge in [-0.2, -0.15) is 13.2 Å². The molecule has 10 heteroatoms. The average Bonchev–Trinajstić information content (AvgIpc) is 3.03. The molecule has 0 unspecified atom stereocenters. The van der Waals surface area contributed by atoms with Crippen LogP contribution in [-0.4, -0.2) is 39.6 Å². The molecule has 0 aliphatic carbocycles. The smallest absolute Gasteiger partial charge is 0.405 e. The van der Waals surface area contributed by atoms with Crippen molar-refractivity contribution in [3.05, 3.63) is 54.4 Å². The van der Waals surface area contributed by atoms with Crippen molar-refractivity contribution >= 4 is 23.6 Å². The van der Waals surface area contributed by atoms with Crippen molar-refractivity contribution in [3.8, 4) is 11.3 Å². The lowest BCUT2D eigenvalue weighted by Crippen LogP contribution is -2.36. The first kappa shape index (κ1) is 18.2. The Morgan fingerprint density at radius 3 is 2.85 bits per heavy atom. The van der Waals surface area contributed by atoms with Gasteiger partial charge in [0.1, 0.15) is 12.2 Å². The Hall–Kier alpha value is -3.56. The fourth-order valence-electron chi connectivity index (χ4n) is 2.47. The summed E-state index contributed by atoms with van der Waals surface area (Å²) in [6.07, 6.45) is 0.163. The number of fused-ring (bicyclic) bond motifs is 1. The first-order chi connectivity index (χ1) is 12.9. The Balaban J connectivity index is 1.81. The van der Waals surface area contributed by atoms with Crippen LogP contribution in [0.15, 0.2) is 53.9 Å². The number of alkyl halides is 3. The van der Waals surface area contributed by atoms with E-state index < -0.39 is 18.8 Å². The third-order valence-corrected chi connectivity index (χ3v) is 3.61. The molecule has 0 fully saturated rings. The number of aromatic nitrogens is 2. The number of hydrogen-bond acceptors (Lipinski definition) is 4. The second kappa shape index (κ2) is 7.36. The molecular weight excluding hydrogens is 363 g/mol. The lowest BCUT2D eigenvalue weighted by molar-refractivity contribution is -0.122. The van der Waals surface area contributed by atoms with Crippen molar-refractivity contribution in [2.45, 2.75) is 6.18 Å². The van der Waals surface area contributed by atoms with E-state index in [0.717, 1.165) is 5.69 Å². The molecule has 0 saturated heterocycles. The van der Waals surface area contributed by atoms with Gasteiger partial charge in [-0.3, -0.25) is 4.40 Å². The number of nitrogens with one attached hydrogen (secondary N) is 2. The summed E-state index contributed by atoms with van der Waals surface area (Å²) in [6.45, 7) is -1.41. The molecule has 2 heterocycles. The molecule has 3 rings (SSSR count). The summed E-state index contributed by atoms with van der Waals surface area (Å²) in [7, 11) is 0. The predicted molar refractivity (Wildman–Crippen MR) is 93.1 cm³/mol. The van der Waals surface area contributed by atoms with Crippen molar-refractivity contribution in [2.24, 2.45) is 5.16 Å². The number of imidazole rings is 1. The Kier molecular flexibility index (Phi) is 4.97. The Labute approximate surface area is 151 Å². The van der Waals surface area contributed by atoms with Crippen molar-refractivity contribution in [1.82, 2.24) is 14.7 Å². The van der Waals surface area contributed by atoms with E-state index in [4.69, 9.17) is 5.21 Å². The number of carbonyl (C=O) groups is 1. The lowest BCUT2D eigenvalue weighted by Gasteiger charge is -2.10. The summed E-state index contributed by atoms with van der Waals surface area (Å²) in [5.74, 6) is 0. The van der Waals surface area contributed by atoms with Gasteiger partial charge in [0.25, 0.3) is 0 Å². The standard InChI is InChI=1S/C17H14F3N5O2/c18-17(19,20)10-22-16(26)24-13-3-1-2-12(7-13)14-9-21-15-6-11(8-23-27)4-5-25(14)15/h1-9,27H,10H2,(H2,22,24,26). The minimum Gasteiger partial charge on any atom is -0.411 e. The molecule has 2 aromatic heterocycles. The molecule has 0 bridgehead atoms. The van der Waals surface area contributed by atoms with E-state index in [9.17, 15) is 18.0 Å². The van der Waals surface area contributed by atoms with Crippen LogP contribution in [0.2, 0.25) is 0 Å². The molecule has 3 N–H and O–H groups in total. The molecule has 7 nitrogen and oxygen atoms in total. The van der Waals surface area contributed by atoms with Crippen LogP contribution in [0.25, 0.3) is 16.9 Å². The van der Waals surface area contributed by atoms with E-state index in [2.05, 4.69) is 15.5 Å². The van der Waals surface area contributed by atoms with Gasteiger partial charge in [0.15, 0.2) is 0 Å². The van der Waals surface area contributed by atoms with Crippen LogP contribution >= 0.6 is 0 Å². The fourth-order valence-corrected chi connectivity index (χ4v) is 2.47. The molecule has 0 atom stereocenters. The Morgan fingerprint density at radius 2 is 2.11 bits per heavy atom. The van der Waals surface area contributed by atoms with E-state index in [-0.39, 0.29) is 0 Å². The number of oxime groups is 1. The van der Waals surface area contributed by atoms with Gasteiger partial charge < -0.3 is 15.8 Å². The molecule has 0 aliphatic rings. The van der Waals surface area contributed by atoms with Crippen LogP contribution in [0, 0.1) is 0 Å².